The molecule has 0 saturated carbocycles. The predicted octanol–water partition coefficient (Wildman–Crippen LogP) is 6.44. The van der Waals surface area contributed by atoms with Gasteiger partial charge in [-0.05, 0) is 13.0 Å². The van der Waals surface area contributed by atoms with Crippen molar-refractivity contribution >= 4 is 41.7 Å². The number of carbonyl (C=O) groups excluding carboxylic acids is 1. The molecule has 0 bridgehead atoms. The van der Waals surface area contributed by atoms with E-state index in [1.807, 2.05) is 0 Å². The maximum atomic E-state index is 13.8. The van der Waals surface area contributed by atoms with E-state index >= 15 is 0 Å². The van der Waals surface area contributed by atoms with Crippen molar-refractivity contribution in [2.75, 3.05) is 0 Å². The second kappa shape index (κ2) is 8.17. The van der Waals surface area contributed by atoms with Crippen molar-refractivity contribution < 1.29 is 4.79 Å². The quantitative estimate of drug-likeness (QED) is 0.471. The minimum atomic E-state index is -1.74. The lowest BCUT2D eigenvalue weighted by molar-refractivity contribution is -0.125. The average molecular weight is 435 g/mol. The molecular formula is C22H42OSi4. The van der Waals surface area contributed by atoms with E-state index in [0.29, 0.717) is 5.78 Å². The smallest absolute Gasteiger partial charge is 0.142 e. The molecule has 152 valence electrons. The Morgan fingerprint density at radius 3 is 1.52 bits per heavy atom. The van der Waals surface area contributed by atoms with Crippen LogP contribution in [0.5, 0.6) is 0 Å². The summed E-state index contributed by atoms with van der Waals surface area (Å²) >= 11 is 0. The predicted molar refractivity (Wildman–Crippen MR) is 135 cm³/mol. The molecule has 0 heterocycles. The Kier molecular flexibility index (Phi) is 7.46. The molecule has 1 rings (SSSR count). The van der Waals surface area contributed by atoms with Gasteiger partial charge in [-0.1, -0.05) is 115 Å². The Morgan fingerprint density at radius 2 is 1.22 bits per heavy atom. The summed E-state index contributed by atoms with van der Waals surface area (Å²) in [5.74, 6) is 0.472. The molecule has 0 fully saturated rings. The molecule has 1 nitrogen and oxygen atoms in total. The van der Waals surface area contributed by atoms with Gasteiger partial charge in [0.15, 0.2) is 0 Å². The molecule has 0 amide bonds. The molecule has 0 saturated heterocycles. The lowest BCUT2D eigenvalue weighted by atomic mass is 9.87. The van der Waals surface area contributed by atoms with Crippen LogP contribution in [-0.4, -0.2) is 41.7 Å². The van der Waals surface area contributed by atoms with E-state index in [0.717, 1.165) is 0 Å². The van der Waals surface area contributed by atoms with Gasteiger partial charge in [-0.2, -0.15) is 0 Å². The molecule has 0 radical (unpaired) electrons. The highest BCUT2D eigenvalue weighted by Gasteiger charge is 2.45. The lowest BCUT2D eigenvalue weighted by Gasteiger charge is -2.41. The maximum absolute atomic E-state index is 13.8. The van der Waals surface area contributed by atoms with Crippen LogP contribution in [-0.2, 0) is 4.79 Å². The van der Waals surface area contributed by atoms with Gasteiger partial charge in [0, 0.05) is 11.0 Å². The van der Waals surface area contributed by atoms with E-state index in [1.165, 1.54) is 5.56 Å². The number of hydrogen-bond acceptors (Lipinski definition) is 1. The molecule has 0 aliphatic carbocycles. The zero-order chi connectivity index (χ0) is 21.4. The summed E-state index contributed by atoms with van der Waals surface area (Å²) in [4.78, 5) is 13.8. The number of ketones is 1. The van der Waals surface area contributed by atoms with Crippen LogP contribution >= 0.6 is 0 Å². The van der Waals surface area contributed by atoms with Crippen molar-refractivity contribution in [2.24, 2.45) is 5.41 Å². The monoisotopic (exact) mass is 434 g/mol. The summed E-state index contributed by atoms with van der Waals surface area (Å²) in [5, 5.41) is 1.60. The van der Waals surface area contributed by atoms with Gasteiger partial charge in [0.2, 0.25) is 0 Å². The minimum absolute atomic E-state index is 0.132. The van der Waals surface area contributed by atoms with Gasteiger partial charge in [0.05, 0.1) is 23.3 Å². The van der Waals surface area contributed by atoms with Crippen LogP contribution in [0.4, 0.5) is 0 Å². The number of Topliss-reactive ketones (excluding diaryl/α,β-unsaturated/α-hetero) is 1. The first-order valence-corrected chi connectivity index (χ1v) is 24.3. The molecule has 1 aromatic rings. The second-order valence-electron chi connectivity index (χ2n) is 12.1. The van der Waals surface area contributed by atoms with E-state index in [9.17, 15) is 4.79 Å². The third-order valence-electron chi connectivity index (χ3n) is 5.01. The number of hydrogen-bond donors (Lipinski definition) is 0. The van der Waals surface area contributed by atoms with E-state index in [1.54, 1.807) is 5.17 Å². The molecule has 0 aliphatic rings. The summed E-state index contributed by atoms with van der Waals surface area (Å²) in [6.07, 6.45) is 0. The summed E-state index contributed by atoms with van der Waals surface area (Å²) in [6, 6.07) is 11.0. The fourth-order valence-corrected chi connectivity index (χ4v) is 47.6. The Balaban J connectivity index is 4.08. The van der Waals surface area contributed by atoms with Crippen LogP contribution < -0.4 is 0 Å². The van der Waals surface area contributed by atoms with Crippen molar-refractivity contribution in [1.29, 1.82) is 0 Å². The average Bonchev–Trinajstić information content (AvgIpc) is 2.42. The Labute approximate surface area is 172 Å². The zero-order valence-corrected chi connectivity index (χ0v) is 23.9. The number of rotatable bonds is 6. The molecule has 1 atom stereocenters. The summed E-state index contributed by atoms with van der Waals surface area (Å²) in [6.45, 7) is 28.8. The third kappa shape index (κ3) is 6.31. The summed E-state index contributed by atoms with van der Waals surface area (Å²) in [5.41, 5.74) is 1.20. The molecule has 0 N–H and O–H groups in total. The van der Waals surface area contributed by atoms with Gasteiger partial charge < -0.3 is 0 Å². The molecule has 5 heteroatoms. The van der Waals surface area contributed by atoms with Crippen LogP contribution in [0.1, 0.15) is 26.3 Å². The second-order valence-corrected chi connectivity index (χ2v) is 41.2. The number of benzene rings is 1. The van der Waals surface area contributed by atoms with Gasteiger partial charge in [0.25, 0.3) is 0 Å². The van der Waals surface area contributed by atoms with Crippen molar-refractivity contribution in [3.63, 3.8) is 0 Å². The maximum Gasteiger partial charge on any atom is 0.142 e. The van der Waals surface area contributed by atoms with Crippen LogP contribution in [0.2, 0.25) is 64.5 Å². The first-order valence-electron chi connectivity index (χ1n) is 10.2. The van der Waals surface area contributed by atoms with Crippen LogP contribution in [0.25, 0.3) is 0 Å². The number of carbonyl (C=O) groups is 1. The summed E-state index contributed by atoms with van der Waals surface area (Å²) in [7, 11) is -5.32. The zero-order valence-electron chi connectivity index (χ0n) is 19.9. The van der Waals surface area contributed by atoms with Crippen LogP contribution in [0.15, 0.2) is 30.3 Å². The SMILES string of the molecule is CC(C)(C)C(=O)C(C(c1ccccc1)=[Si]([Si](C)(C)C)[Si](C)(C)C)[Si](C)(C)C. The topological polar surface area (TPSA) is 17.1 Å². The minimum Gasteiger partial charge on any atom is -0.299 e. The van der Waals surface area contributed by atoms with Gasteiger partial charge in [0.1, 0.15) is 5.78 Å². The van der Waals surface area contributed by atoms with Gasteiger partial charge >= 0.3 is 0 Å². The highest BCUT2D eigenvalue weighted by atomic mass is 29.6. The third-order valence-corrected chi connectivity index (χ3v) is 35.8. The van der Waals surface area contributed by atoms with E-state index in [4.69, 9.17) is 0 Å². The van der Waals surface area contributed by atoms with Gasteiger partial charge in [-0.15, -0.1) is 0 Å². The fourth-order valence-electron chi connectivity index (χ4n) is 4.40. The van der Waals surface area contributed by atoms with Crippen molar-refractivity contribution in [1.82, 2.24) is 0 Å². The standard InChI is InChI=1S/C22H42OSi4/c1-22(2,3)21(23)20(25(4,5)6)19(18-16-14-13-15-17-18)24(26(7,8)9)27(10,11)12/h13-17,20H,1-12H3. The molecule has 0 aromatic heterocycles. The van der Waals surface area contributed by atoms with E-state index < -0.39 is 30.7 Å². The molecule has 1 aromatic carbocycles. The Bertz CT molecular complexity index is 677. The van der Waals surface area contributed by atoms with E-state index in [2.05, 4.69) is 110 Å². The van der Waals surface area contributed by atoms with Crippen molar-refractivity contribution in [2.45, 2.75) is 85.2 Å². The molecule has 0 aliphatic heterocycles. The van der Waals surface area contributed by atoms with E-state index in [-0.39, 0.29) is 11.0 Å². The molecule has 27 heavy (non-hydrogen) atoms. The fraction of sp³-hybridized carbons (Fsp3) is 0.636. The highest BCUT2D eigenvalue weighted by molar-refractivity contribution is 7.61. The van der Waals surface area contributed by atoms with Crippen molar-refractivity contribution in [3.05, 3.63) is 35.9 Å². The summed E-state index contributed by atoms with van der Waals surface area (Å²) < 4.78 is 0. The van der Waals surface area contributed by atoms with Gasteiger partial charge in [-0.25, -0.2) is 0 Å². The first kappa shape index (κ1) is 24.7. The lowest BCUT2D eigenvalue weighted by Crippen LogP contribution is -2.59. The normalized spacial score (nSPS) is 14.7. The largest absolute Gasteiger partial charge is 0.299 e. The molecular weight excluding hydrogens is 393 g/mol. The van der Waals surface area contributed by atoms with Crippen LogP contribution in [0, 0.1) is 5.41 Å². The highest BCUT2D eigenvalue weighted by Crippen LogP contribution is 2.36. The van der Waals surface area contributed by atoms with Crippen LogP contribution in [0.3, 0.4) is 0 Å². The van der Waals surface area contributed by atoms with Gasteiger partial charge in [-0.3, -0.25) is 4.79 Å². The Morgan fingerprint density at radius 1 is 0.815 bits per heavy atom. The van der Waals surface area contributed by atoms with Crippen molar-refractivity contribution in [3.8, 4) is 0 Å². The molecule has 0 spiro atoms. The molecule has 1 unspecified atom stereocenters. The Hall–Kier alpha value is -0.372. The first-order chi connectivity index (χ1) is 11.9.